The van der Waals surface area contributed by atoms with Crippen LogP contribution < -0.4 is 5.32 Å². The van der Waals surface area contributed by atoms with Crippen molar-refractivity contribution in [1.82, 2.24) is 15.1 Å². The molecule has 0 bridgehead atoms. The van der Waals surface area contributed by atoms with Gasteiger partial charge in [-0.3, -0.25) is 24.4 Å². The van der Waals surface area contributed by atoms with Gasteiger partial charge in [0.15, 0.2) is 0 Å². The molecule has 0 aliphatic rings. The molecule has 2 aromatic rings. The number of rotatable bonds is 6. The van der Waals surface area contributed by atoms with Crippen LogP contribution in [0.2, 0.25) is 0 Å². The van der Waals surface area contributed by atoms with E-state index in [1.165, 1.54) is 35.1 Å². The molecule has 0 spiro atoms. The van der Waals surface area contributed by atoms with Crippen molar-refractivity contribution in [2.45, 2.75) is 19.4 Å². The summed E-state index contributed by atoms with van der Waals surface area (Å²) in [6, 6.07) is 5.15. The van der Waals surface area contributed by atoms with Gasteiger partial charge in [-0.1, -0.05) is 0 Å². The van der Waals surface area contributed by atoms with E-state index in [-0.39, 0.29) is 17.7 Å². The van der Waals surface area contributed by atoms with E-state index in [2.05, 4.69) is 10.4 Å². The molecule has 2 N–H and O–H groups in total. The van der Waals surface area contributed by atoms with Gasteiger partial charge in [-0.2, -0.15) is 5.10 Å². The third-order valence-electron chi connectivity index (χ3n) is 3.28. The minimum atomic E-state index is -1.01. The van der Waals surface area contributed by atoms with Crippen molar-refractivity contribution in [2.75, 3.05) is 0 Å². The quantitative estimate of drug-likeness (QED) is 0.611. The molecule has 1 aromatic carbocycles. The Hall–Kier alpha value is -3.23. The molecule has 1 heterocycles. The average molecular weight is 332 g/mol. The van der Waals surface area contributed by atoms with Crippen LogP contribution in [0.25, 0.3) is 11.3 Å². The molecule has 0 saturated carbocycles. The molecular formula is C15H16N4O5. The summed E-state index contributed by atoms with van der Waals surface area (Å²) >= 11 is 0. The Kier molecular flexibility index (Phi) is 4.93. The maximum Gasteiger partial charge on any atom is 0.305 e. The molecule has 24 heavy (non-hydrogen) atoms. The molecule has 0 radical (unpaired) electrons. The van der Waals surface area contributed by atoms with Gasteiger partial charge >= 0.3 is 5.97 Å². The number of aryl methyl sites for hydroxylation is 1. The van der Waals surface area contributed by atoms with Gasteiger partial charge < -0.3 is 10.4 Å². The fourth-order valence-corrected chi connectivity index (χ4v) is 2.22. The van der Waals surface area contributed by atoms with Gasteiger partial charge in [0.1, 0.15) is 5.69 Å². The topological polar surface area (TPSA) is 127 Å². The largest absolute Gasteiger partial charge is 0.481 e. The zero-order valence-corrected chi connectivity index (χ0v) is 13.1. The SMILES string of the molecule is CC(CC(=O)O)NC(=O)c1cn(C)nc1-c1ccc([N+](=O)[O-])cc1. The van der Waals surface area contributed by atoms with Crippen LogP contribution >= 0.6 is 0 Å². The second-order valence-electron chi connectivity index (χ2n) is 5.34. The Bertz CT molecular complexity index is 782. The first-order valence-corrected chi connectivity index (χ1v) is 7.09. The molecule has 0 aliphatic heterocycles. The van der Waals surface area contributed by atoms with E-state index in [1.807, 2.05) is 0 Å². The maximum absolute atomic E-state index is 12.4. The second kappa shape index (κ2) is 6.90. The number of hydrogen-bond donors (Lipinski definition) is 2. The highest BCUT2D eigenvalue weighted by molar-refractivity contribution is 6.00. The number of carbonyl (C=O) groups excluding carboxylic acids is 1. The van der Waals surface area contributed by atoms with E-state index in [1.54, 1.807) is 14.0 Å². The smallest absolute Gasteiger partial charge is 0.305 e. The lowest BCUT2D eigenvalue weighted by atomic mass is 10.1. The molecular weight excluding hydrogens is 316 g/mol. The van der Waals surface area contributed by atoms with Gasteiger partial charge in [0.05, 0.1) is 16.9 Å². The van der Waals surface area contributed by atoms with Gasteiger partial charge in [-0.15, -0.1) is 0 Å². The monoisotopic (exact) mass is 332 g/mol. The summed E-state index contributed by atoms with van der Waals surface area (Å²) in [6.45, 7) is 1.59. The van der Waals surface area contributed by atoms with Crippen LogP contribution in [0, 0.1) is 10.1 Å². The fourth-order valence-electron chi connectivity index (χ4n) is 2.22. The van der Waals surface area contributed by atoms with Crippen LogP contribution in [-0.4, -0.2) is 37.7 Å². The van der Waals surface area contributed by atoms with Crippen LogP contribution in [0.15, 0.2) is 30.5 Å². The minimum absolute atomic E-state index is 0.0595. The summed E-state index contributed by atoms with van der Waals surface area (Å²) in [4.78, 5) is 33.2. The number of nitro groups is 1. The molecule has 0 saturated heterocycles. The van der Waals surface area contributed by atoms with Crippen molar-refractivity contribution < 1.29 is 19.6 Å². The van der Waals surface area contributed by atoms with Gasteiger partial charge in [0.25, 0.3) is 11.6 Å². The Morgan fingerprint density at radius 2 is 2.00 bits per heavy atom. The van der Waals surface area contributed by atoms with Crippen LogP contribution in [-0.2, 0) is 11.8 Å². The highest BCUT2D eigenvalue weighted by atomic mass is 16.6. The normalized spacial score (nSPS) is 11.8. The summed E-state index contributed by atoms with van der Waals surface area (Å²) < 4.78 is 1.45. The molecule has 9 heteroatoms. The van der Waals surface area contributed by atoms with E-state index < -0.39 is 22.8 Å². The maximum atomic E-state index is 12.4. The predicted octanol–water partition coefficient (Wildman–Crippen LogP) is 1.59. The Morgan fingerprint density at radius 1 is 1.38 bits per heavy atom. The molecule has 0 fully saturated rings. The Labute approximate surface area is 137 Å². The number of carbonyl (C=O) groups is 2. The molecule has 1 unspecified atom stereocenters. The molecule has 1 aromatic heterocycles. The van der Waals surface area contributed by atoms with E-state index in [0.29, 0.717) is 11.3 Å². The summed E-state index contributed by atoms with van der Waals surface area (Å²) in [5, 5.41) is 26.3. The zero-order valence-electron chi connectivity index (χ0n) is 13.1. The molecule has 9 nitrogen and oxygen atoms in total. The lowest BCUT2D eigenvalue weighted by Gasteiger charge is -2.11. The average Bonchev–Trinajstić information content (AvgIpc) is 2.88. The molecule has 1 amide bonds. The summed E-state index contributed by atoms with van der Waals surface area (Å²) in [6.07, 6.45) is 1.32. The summed E-state index contributed by atoms with van der Waals surface area (Å²) in [7, 11) is 1.65. The third-order valence-corrected chi connectivity index (χ3v) is 3.28. The van der Waals surface area contributed by atoms with Gasteiger partial charge in [0, 0.05) is 37.0 Å². The van der Waals surface area contributed by atoms with Gasteiger partial charge in [0.2, 0.25) is 0 Å². The first kappa shape index (κ1) is 17.1. The first-order chi connectivity index (χ1) is 11.3. The zero-order chi connectivity index (χ0) is 17.9. The number of hydrogen-bond acceptors (Lipinski definition) is 5. The van der Waals surface area contributed by atoms with Gasteiger partial charge in [-0.05, 0) is 19.1 Å². The number of nitrogens with zero attached hydrogens (tertiary/aromatic N) is 3. The lowest BCUT2D eigenvalue weighted by Crippen LogP contribution is -2.34. The molecule has 0 aliphatic carbocycles. The number of aliphatic carboxylic acids is 1. The standard InChI is InChI=1S/C15H16N4O5/c1-9(7-13(20)21)16-15(22)12-8-18(2)17-14(12)10-3-5-11(6-4-10)19(23)24/h3-6,8-9H,7H2,1-2H3,(H,16,22)(H,20,21). The predicted molar refractivity (Wildman–Crippen MR) is 84.5 cm³/mol. The van der Waals surface area contributed by atoms with Gasteiger partial charge in [-0.25, -0.2) is 0 Å². The highest BCUT2D eigenvalue weighted by Crippen LogP contribution is 2.24. The van der Waals surface area contributed by atoms with Crippen molar-refractivity contribution in [3.05, 3.63) is 46.1 Å². The fraction of sp³-hybridized carbons (Fsp3) is 0.267. The van der Waals surface area contributed by atoms with Crippen molar-refractivity contribution in [2.24, 2.45) is 7.05 Å². The van der Waals surface area contributed by atoms with Crippen LogP contribution in [0.5, 0.6) is 0 Å². The van der Waals surface area contributed by atoms with E-state index >= 15 is 0 Å². The molecule has 2 rings (SSSR count). The molecule has 126 valence electrons. The van der Waals surface area contributed by atoms with Crippen molar-refractivity contribution in [3.63, 3.8) is 0 Å². The highest BCUT2D eigenvalue weighted by Gasteiger charge is 2.20. The third kappa shape index (κ3) is 3.94. The number of non-ortho nitro benzene ring substituents is 1. The number of nitrogens with one attached hydrogen (secondary N) is 1. The summed E-state index contributed by atoms with van der Waals surface area (Å²) in [5.74, 6) is -1.46. The van der Waals surface area contributed by atoms with Crippen LogP contribution in [0.4, 0.5) is 5.69 Å². The van der Waals surface area contributed by atoms with Crippen LogP contribution in [0.3, 0.4) is 0 Å². The summed E-state index contributed by atoms with van der Waals surface area (Å²) in [5.41, 5.74) is 1.13. The van der Waals surface area contributed by atoms with E-state index in [9.17, 15) is 19.7 Å². The first-order valence-electron chi connectivity index (χ1n) is 7.09. The van der Waals surface area contributed by atoms with E-state index in [0.717, 1.165) is 0 Å². The lowest BCUT2D eigenvalue weighted by molar-refractivity contribution is -0.384. The van der Waals surface area contributed by atoms with Crippen molar-refractivity contribution >= 4 is 17.6 Å². The minimum Gasteiger partial charge on any atom is -0.481 e. The van der Waals surface area contributed by atoms with Crippen molar-refractivity contribution in [3.8, 4) is 11.3 Å². The number of nitro benzene ring substituents is 1. The number of carboxylic acid groups (broad SMARTS) is 1. The number of benzene rings is 1. The number of carboxylic acids is 1. The molecule has 1 atom stereocenters. The number of aromatic nitrogens is 2. The number of amides is 1. The van der Waals surface area contributed by atoms with Crippen LogP contribution in [0.1, 0.15) is 23.7 Å². The second-order valence-corrected chi connectivity index (χ2v) is 5.34. The van der Waals surface area contributed by atoms with E-state index in [4.69, 9.17) is 5.11 Å². The Balaban J connectivity index is 2.28. The Morgan fingerprint density at radius 3 is 2.54 bits per heavy atom. The van der Waals surface area contributed by atoms with Crippen molar-refractivity contribution in [1.29, 1.82) is 0 Å².